The van der Waals surface area contributed by atoms with Crippen molar-refractivity contribution in [1.82, 2.24) is 4.90 Å². The van der Waals surface area contributed by atoms with Crippen molar-refractivity contribution in [2.24, 2.45) is 5.92 Å². The van der Waals surface area contributed by atoms with E-state index in [0.717, 1.165) is 44.5 Å². The van der Waals surface area contributed by atoms with Gasteiger partial charge in [0.15, 0.2) is 0 Å². The van der Waals surface area contributed by atoms with Gasteiger partial charge < -0.3 is 14.4 Å². The lowest BCUT2D eigenvalue weighted by atomic mass is 9.90. The fourth-order valence-corrected chi connectivity index (χ4v) is 3.67. The molecule has 5 nitrogen and oxygen atoms in total. The maximum absolute atomic E-state index is 12.8. The summed E-state index contributed by atoms with van der Waals surface area (Å²) in [5, 5.41) is 0. The molecule has 0 atom stereocenters. The number of carbonyl (C=O) groups is 2. The van der Waals surface area contributed by atoms with Gasteiger partial charge in [0, 0.05) is 18.7 Å². The predicted octanol–water partition coefficient (Wildman–Crippen LogP) is 3.97. The van der Waals surface area contributed by atoms with Gasteiger partial charge in [-0.3, -0.25) is 4.79 Å². The van der Waals surface area contributed by atoms with Gasteiger partial charge in [-0.05, 0) is 67.5 Å². The first-order valence-electron chi connectivity index (χ1n) is 9.71. The van der Waals surface area contributed by atoms with Crippen LogP contribution in [0.1, 0.15) is 45.5 Å². The number of nitrogens with zero attached hydrogens (tertiary/aromatic N) is 1. The van der Waals surface area contributed by atoms with Crippen LogP contribution in [0.2, 0.25) is 0 Å². The van der Waals surface area contributed by atoms with Crippen molar-refractivity contribution in [1.29, 1.82) is 0 Å². The normalized spacial score (nSPS) is 14.6. The number of aryl methyl sites for hydroxylation is 1. The van der Waals surface area contributed by atoms with E-state index in [4.69, 9.17) is 9.47 Å². The second-order valence-corrected chi connectivity index (χ2v) is 7.19. The van der Waals surface area contributed by atoms with Crippen LogP contribution >= 0.6 is 0 Å². The number of methoxy groups -OCH3 is 2. The SMILES string of the molecule is COC(=O)c1cccc(C(=O)N2CCC(CCc3ccc(OC)cc3)CC2)c1. The number of amides is 1. The van der Waals surface area contributed by atoms with Crippen molar-refractivity contribution in [3.63, 3.8) is 0 Å². The van der Waals surface area contributed by atoms with Crippen molar-refractivity contribution in [3.8, 4) is 5.75 Å². The van der Waals surface area contributed by atoms with E-state index in [1.54, 1.807) is 31.4 Å². The minimum Gasteiger partial charge on any atom is -0.497 e. The Morgan fingerprint density at radius 1 is 1.00 bits per heavy atom. The minimum absolute atomic E-state index is 0.0145. The van der Waals surface area contributed by atoms with Gasteiger partial charge in [0.25, 0.3) is 5.91 Å². The monoisotopic (exact) mass is 381 g/mol. The Kier molecular flexibility index (Phi) is 6.69. The molecule has 5 heteroatoms. The van der Waals surface area contributed by atoms with Gasteiger partial charge in [0.05, 0.1) is 19.8 Å². The van der Waals surface area contributed by atoms with E-state index in [9.17, 15) is 9.59 Å². The fraction of sp³-hybridized carbons (Fsp3) is 0.391. The van der Waals surface area contributed by atoms with E-state index < -0.39 is 5.97 Å². The Morgan fingerprint density at radius 2 is 1.68 bits per heavy atom. The van der Waals surface area contributed by atoms with Crippen LogP contribution in [-0.2, 0) is 11.2 Å². The van der Waals surface area contributed by atoms with Crippen LogP contribution in [0, 0.1) is 5.92 Å². The van der Waals surface area contributed by atoms with Gasteiger partial charge in [-0.1, -0.05) is 18.2 Å². The summed E-state index contributed by atoms with van der Waals surface area (Å²) in [5.41, 5.74) is 2.27. The van der Waals surface area contributed by atoms with E-state index in [0.29, 0.717) is 17.0 Å². The zero-order valence-corrected chi connectivity index (χ0v) is 16.5. The van der Waals surface area contributed by atoms with Crippen molar-refractivity contribution in [3.05, 3.63) is 65.2 Å². The number of piperidine rings is 1. The van der Waals surface area contributed by atoms with Crippen molar-refractivity contribution in [2.75, 3.05) is 27.3 Å². The van der Waals surface area contributed by atoms with Crippen LogP contribution in [0.3, 0.4) is 0 Å². The van der Waals surface area contributed by atoms with Gasteiger partial charge in [0.2, 0.25) is 0 Å². The van der Waals surface area contributed by atoms with Crippen LogP contribution < -0.4 is 4.74 Å². The number of rotatable bonds is 6. The Labute approximate surface area is 166 Å². The van der Waals surface area contributed by atoms with E-state index in [2.05, 4.69) is 12.1 Å². The zero-order chi connectivity index (χ0) is 19.9. The molecule has 1 saturated heterocycles. The predicted molar refractivity (Wildman–Crippen MR) is 108 cm³/mol. The molecule has 3 rings (SSSR count). The quantitative estimate of drug-likeness (QED) is 0.711. The summed E-state index contributed by atoms with van der Waals surface area (Å²) in [6.07, 6.45) is 4.20. The van der Waals surface area contributed by atoms with Crippen LogP contribution in [0.4, 0.5) is 0 Å². The average molecular weight is 381 g/mol. The van der Waals surface area contributed by atoms with E-state index >= 15 is 0 Å². The number of benzene rings is 2. The van der Waals surface area contributed by atoms with Crippen molar-refractivity contribution >= 4 is 11.9 Å². The number of hydrogen-bond acceptors (Lipinski definition) is 4. The smallest absolute Gasteiger partial charge is 0.337 e. The fourth-order valence-electron chi connectivity index (χ4n) is 3.67. The summed E-state index contributed by atoms with van der Waals surface area (Å²) in [4.78, 5) is 26.3. The lowest BCUT2D eigenvalue weighted by Gasteiger charge is -2.32. The molecule has 0 spiro atoms. The van der Waals surface area contributed by atoms with Crippen LogP contribution in [0.5, 0.6) is 5.75 Å². The Morgan fingerprint density at radius 3 is 2.32 bits per heavy atom. The van der Waals surface area contributed by atoms with Crippen LogP contribution in [-0.4, -0.2) is 44.1 Å². The molecular formula is C23H27NO4. The Bertz CT molecular complexity index is 808. The first kappa shape index (κ1) is 19.9. The van der Waals surface area contributed by atoms with Gasteiger partial charge >= 0.3 is 5.97 Å². The molecule has 0 saturated carbocycles. The Hall–Kier alpha value is -2.82. The van der Waals surface area contributed by atoms with Gasteiger partial charge in [-0.15, -0.1) is 0 Å². The average Bonchev–Trinajstić information content (AvgIpc) is 2.77. The van der Waals surface area contributed by atoms with E-state index in [-0.39, 0.29) is 5.91 Å². The molecule has 148 valence electrons. The zero-order valence-electron chi connectivity index (χ0n) is 16.5. The molecule has 1 fully saturated rings. The number of ether oxygens (including phenoxy) is 2. The molecule has 0 unspecified atom stereocenters. The molecule has 0 aliphatic carbocycles. The van der Waals surface area contributed by atoms with E-state index in [1.807, 2.05) is 17.0 Å². The largest absolute Gasteiger partial charge is 0.497 e. The highest BCUT2D eigenvalue weighted by Crippen LogP contribution is 2.24. The van der Waals surface area contributed by atoms with E-state index in [1.165, 1.54) is 12.7 Å². The molecule has 2 aromatic rings. The number of carbonyl (C=O) groups excluding carboxylic acids is 2. The summed E-state index contributed by atoms with van der Waals surface area (Å²) in [6, 6.07) is 15.0. The molecule has 0 aromatic heterocycles. The molecule has 0 N–H and O–H groups in total. The first-order chi connectivity index (χ1) is 13.6. The maximum atomic E-state index is 12.8. The summed E-state index contributed by atoms with van der Waals surface area (Å²) < 4.78 is 9.93. The van der Waals surface area contributed by atoms with Crippen molar-refractivity contribution < 1.29 is 19.1 Å². The second kappa shape index (κ2) is 9.40. The lowest BCUT2D eigenvalue weighted by molar-refractivity contribution is 0.0600. The highest BCUT2D eigenvalue weighted by atomic mass is 16.5. The second-order valence-electron chi connectivity index (χ2n) is 7.19. The minimum atomic E-state index is -0.424. The third kappa shape index (κ3) is 4.91. The maximum Gasteiger partial charge on any atom is 0.337 e. The molecule has 1 aliphatic rings. The van der Waals surface area contributed by atoms with Gasteiger partial charge in [-0.25, -0.2) is 4.79 Å². The highest BCUT2D eigenvalue weighted by molar-refractivity contribution is 5.97. The molecule has 1 amide bonds. The summed E-state index contributed by atoms with van der Waals surface area (Å²) in [6.45, 7) is 1.52. The Balaban J connectivity index is 1.50. The molecular weight excluding hydrogens is 354 g/mol. The third-order valence-corrected chi connectivity index (χ3v) is 5.43. The lowest BCUT2D eigenvalue weighted by Crippen LogP contribution is -2.38. The number of likely N-dealkylation sites (tertiary alicyclic amines) is 1. The van der Waals surface area contributed by atoms with Gasteiger partial charge in [0.1, 0.15) is 5.75 Å². The van der Waals surface area contributed by atoms with Crippen LogP contribution in [0.15, 0.2) is 48.5 Å². The molecule has 2 aromatic carbocycles. The molecule has 1 heterocycles. The standard InChI is InChI=1S/C23H27NO4/c1-27-21-10-8-17(9-11-21)6-7-18-12-14-24(15-13-18)22(25)19-4-3-5-20(16-19)23(26)28-2/h3-5,8-11,16,18H,6-7,12-15H2,1-2H3. The summed E-state index contributed by atoms with van der Waals surface area (Å²) in [7, 11) is 3.02. The van der Waals surface area contributed by atoms with Crippen LogP contribution in [0.25, 0.3) is 0 Å². The highest BCUT2D eigenvalue weighted by Gasteiger charge is 2.24. The molecule has 28 heavy (non-hydrogen) atoms. The number of esters is 1. The number of hydrogen-bond donors (Lipinski definition) is 0. The van der Waals surface area contributed by atoms with Gasteiger partial charge in [-0.2, -0.15) is 0 Å². The molecule has 0 radical (unpaired) electrons. The van der Waals surface area contributed by atoms with Crippen molar-refractivity contribution in [2.45, 2.75) is 25.7 Å². The summed E-state index contributed by atoms with van der Waals surface area (Å²) in [5.74, 6) is 1.07. The summed E-state index contributed by atoms with van der Waals surface area (Å²) >= 11 is 0. The molecule has 0 bridgehead atoms. The molecule has 1 aliphatic heterocycles. The first-order valence-corrected chi connectivity index (χ1v) is 9.71. The third-order valence-electron chi connectivity index (χ3n) is 5.43. The topological polar surface area (TPSA) is 55.8 Å².